The zero-order valence-electron chi connectivity index (χ0n) is 20.0. The molecule has 34 heavy (non-hydrogen) atoms. The van der Waals surface area contributed by atoms with Crippen LogP contribution in [0.25, 0.3) is 10.9 Å². The van der Waals surface area contributed by atoms with Gasteiger partial charge in [0.05, 0.1) is 11.1 Å². The van der Waals surface area contributed by atoms with E-state index in [0.717, 1.165) is 44.4 Å². The van der Waals surface area contributed by atoms with E-state index in [9.17, 15) is 18.0 Å². The zero-order valence-corrected chi connectivity index (χ0v) is 20.0. The Kier molecular flexibility index (Phi) is 7.31. The molecule has 1 saturated heterocycles. The average molecular weight is 478 g/mol. The highest BCUT2D eigenvalue weighted by Gasteiger charge is 2.41. The number of halogens is 3. The molecule has 1 aromatic heterocycles. The first-order chi connectivity index (χ1) is 16.2. The SMILES string of the molecule is CC[C@@H]1C[C@H](NCC(C)C)CC[C@@H]1N1CC[C@H](Nc2ncnc3ccc(C(F)(F)F)cc23)C1=O. The summed E-state index contributed by atoms with van der Waals surface area (Å²) in [6, 6.07) is 3.60. The van der Waals surface area contributed by atoms with Gasteiger partial charge in [0.1, 0.15) is 18.2 Å². The average Bonchev–Trinajstić information content (AvgIpc) is 3.16. The minimum Gasteiger partial charge on any atom is -0.358 e. The molecule has 1 amide bonds. The van der Waals surface area contributed by atoms with Crippen molar-refractivity contribution >= 4 is 22.6 Å². The number of hydrogen-bond acceptors (Lipinski definition) is 5. The maximum absolute atomic E-state index is 13.4. The van der Waals surface area contributed by atoms with E-state index in [1.54, 1.807) is 0 Å². The van der Waals surface area contributed by atoms with Crippen molar-refractivity contribution in [1.29, 1.82) is 0 Å². The van der Waals surface area contributed by atoms with Gasteiger partial charge in [0.2, 0.25) is 5.91 Å². The first kappa shape index (κ1) is 24.7. The summed E-state index contributed by atoms with van der Waals surface area (Å²) in [5.41, 5.74) is -0.350. The lowest BCUT2D eigenvalue weighted by Gasteiger charge is -2.41. The van der Waals surface area contributed by atoms with Crippen molar-refractivity contribution in [2.45, 2.75) is 77.2 Å². The number of aromatic nitrogens is 2. The first-order valence-corrected chi connectivity index (χ1v) is 12.3. The minimum atomic E-state index is -4.46. The summed E-state index contributed by atoms with van der Waals surface area (Å²) < 4.78 is 39.7. The number of nitrogens with one attached hydrogen (secondary N) is 2. The van der Waals surface area contributed by atoms with E-state index in [-0.39, 0.29) is 23.2 Å². The summed E-state index contributed by atoms with van der Waals surface area (Å²) >= 11 is 0. The summed E-state index contributed by atoms with van der Waals surface area (Å²) in [6.45, 7) is 8.25. The van der Waals surface area contributed by atoms with Crippen LogP contribution in [0, 0.1) is 11.8 Å². The number of amides is 1. The van der Waals surface area contributed by atoms with Crippen molar-refractivity contribution in [1.82, 2.24) is 20.2 Å². The number of fused-ring (bicyclic) bond motifs is 1. The number of alkyl halides is 3. The molecule has 0 unspecified atom stereocenters. The van der Waals surface area contributed by atoms with Gasteiger partial charge in [0, 0.05) is 24.0 Å². The molecule has 1 aromatic carbocycles. The van der Waals surface area contributed by atoms with Crippen LogP contribution in [0.1, 0.15) is 58.4 Å². The molecule has 2 aromatic rings. The number of nitrogens with zero attached hydrogens (tertiary/aromatic N) is 3. The van der Waals surface area contributed by atoms with Gasteiger partial charge < -0.3 is 15.5 Å². The van der Waals surface area contributed by atoms with Crippen LogP contribution in [0.5, 0.6) is 0 Å². The van der Waals surface area contributed by atoms with Crippen LogP contribution in [-0.2, 0) is 11.0 Å². The normalized spacial score (nSPS) is 26.0. The highest BCUT2D eigenvalue weighted by molar-refractivity contribution is 5.93. The second kappa shape index (κ2) is 10.1. The van der Waals surface area contributed by atoms with Crippen molar-refractivity contribution < 1.29 is 18.0 Å². The maximum Gasteiger partial charge on any atom is 0.416 e. The van der Waals surface area contributed by atoms with Crippen molar-refractivity contribution in [3.05, 3.63) is 30.1 Å². The molecule has 2 N–H and O–H groups in total. The second-order valence-corrected chi connectivity index (χ2v) is 10.0. The van der Waals surface area contributed by atoms with Gasteiger partial charge in [-0.1, -0.05) is 27.2 Å². The molecule has 9 heteroatoms. The number of carbonyl (C=O) groups is 1. The fourth-order valence-electron chi connectivity index (χ4n) is 5.36. The Morgan fingerprint density at radius 2 is 1.97 bits per heavy atom. The maximum atomic E-state index is 13.4. The number of hydrogen-bond donors (Lipinski definition) is 2. The Morgan fingerprint density at radius 1 is 1.18 bits per heavy atom. The molecule has 186 valence electrons. The molecule has 2 fully saturated rings. The highest BCUT2D eigenvalue weighted by Crippen LogP contribution is 2.35. The predicted molar refractivity (Wildman–Crippen MR) is 126 cm³/mol. The fraction of sp³-hybridized carbons (Fsp3) is 0.640. The third kappa shape index (κ3) is 5.29. The van der Waals surface area contributed by atoms with E-state index in [2.05, 4.69) is 41.4 Å². The van der Waals surface area contributed by atoms with Crippen molar-refractivity contribution in [3.8, 4) is 0 Å². The van der Waals surface area contributed by atoms with Crippen LogP contribution in [0.2, 0.25) is 0 Å². The molecule has 1 aliphatic heterocycles. The monoisotopic (exact) mass is 477 g/mol. The van der Waals surface area contributed by atoms with Crippen molar-refractivity contribution in [3.63, 3.8) is 0 Å². The number of benzene rings is 1. The lowest BCUT2D eigenvalue weighted by Crippen LogP contribution is -2.50. The third-order valence-electron chi connectivity index (χ3n) is 7.20. The van der Waals surface area contributed by atoms with Gasteiger partial charge in [-0.05, 0) is 62.3 Å². The van der Waals surface area contributed by atoms with E-state index < -0.39 is 17.8 Å². The van der Waals surface area contributed by atoms with E-state index in [1.165, 1.54) is 12.4 Å². The van der Waals surface area contributed by atoms with Crippen molar-refractivity contribution in [2.24, 2.45) is 11.8 Å². The molecular weight excluding hydrogens is 443 g/mol. The van der Waals surface area contributed by atoms with Gasteiger partial charge >= 0.3 is 6.18 Å². The largest absolute Gasteiger partial charge is 0.416 e. The quantitative estimate of drug-likeness (QED) is 0.596. The van der Waals surface area contributed by atoms with E-state index in [0.29, 0.717) is 36.4 Å². The van der Waals surface area contributed by atoms with E-state index in [1.807, 2.05) is 4.90 Å². The van der Waals surface area contributed by atoms with Gasteiger partial charge in [0.25, 0.3) is 0 Å². The summed E-state index contributed by atoms with van der Waals surface area (Å²) in [4.78, 5) is 23.6. The summed E-state index contributed by atoms with van der Waals surface area (Å²) in [6.07, 6.45) is 1.55. The molecule has 0 spiro atoms. The van der Waals surface area contributed by atoms with Crippen LogP contribution in [0.15, 0.2) is 24.5 Å². The lowest BCUT2D eigenvalue weighted by atomic mass is 9.79. The Morgan fingerprint density at radius 3 is 2.68 bits per heavy atom. The molecule has 2 heterocycles. The van der Waals surface area contributed by atoms with Gasteiger partial charge in [-0.3, -0.25) is 4.79 Å². The minimum absolute atomic E-state index is 0.00998. The number of carbonyl (C=O) groups excluding carboxylic acids is 1. The van der Waals surface area contributed by atoms with E-state index in [4.69, 9.17) is 0 Å². The smallest absolute Gasteiger partial charge is 0.358 e. The molecule has 1 saturated carbocycles. The van der Waals surface area contributed by atoms with Crippen LogP contribution in [0.4, 0.5) is 19.0 Å². The Bertz CT molecular complexity index is 1010. The molecule has 0 radical (unpaired) electrons. The fourth-order valence-corrected chi connectivity index (χ4v) is 5.36. The molecule has 1 aliphatic carbocycles. The highest BCUT2D eigenvalue weighted by atomic mass is 19.4. The topological polar surface area (TPSA) is 70.2 Å². The lowest BCUT2D eigenvalue weighted by molar-refractivity contribution is -0.137. The van der Waals surface area contributed by atoms with Gasteiger partial charge in [-0.25, -0.2) is 9.97 Å². The van der Waals surface area contributed by atoms with Gasteiger partial charge in [-0.2, -0.15) is 13.2 Å². The summed E-state index contributed by atoms with van der Waals surface area (Å²) in [5.74, 6) is 1.32. The molecular formula is C25H34F3N5O. The number of rotatable bonds is 7. The first-order valence-electron chi connectivity index (χ1n) is 12.3. The Labute approximate surface area is 198 Å². The predicted octanol–water partition coefficient (Wildman–Crippen LogP) is 4.85. The molecule has 6 nitrogen and oxygen atoms in total. The Hall–Kier alpha value is -2.42. The van der Waals surface area contributed by atoms with Crippen LogP contribution < -0.4 is 10.6 Å². The third-order valence-corrected chi connectivity index (χ3v) is 7.20. The zero-order chi connectivity index (χ0) is 24.5. The second-order valence-electron chi connectivity index (χ2n) is 10.0. The molecule has 0 bridgehead atoms. The molecule has 4 rings (SSSR count). The summed E-state index contributed by atoms with van der Waals surface area (Å²) in [5, 5.41) is 7.08. The van der Waals surface area contributed by atoms with Crippen molar-refractivity contribution in [2.75, 3.05) is 18.4 Å². The molecule has 2 aliphatic rings. The molecule has 4 atom stereocenters. The standard InChI is InChI=1S/C25H34F3N5O/c1-4-16-11-18(29-13-15(2)3)6-8-22(16)33-10-9-21(24(33)34)32-23-19-12-17(25(26,27)28)5-7-20(19)30-14-31-23/h5,7,12,14-16,18,21-22,29H,4,6,8-11,13H2,1-3H3,(H,30,31,32)/t16-,18-,21+,22+/m1/s1. The Balaban J connectivity index is 1.46. The van der Waals surface area contributed by atoms with E-state index >= 15 is 0 Å². The van der Waals surface area contributed by atoms with Crippen LogP contribution in [-0.4, -0.2) is 52.0 Å². The van der Waals surface area contributed by atoms with Gasteiger partial charge in [-0.15, -0.1) is 0 Å². The number of anilines is 1. The number of likely N-dealkylation sites (tertiary alicyclic amines) is 1. The van der Waals surface area contributed by atoms with Crippen LogP contribution >= 0.6 is 0 Å². The van der Waals surface area contributed by atoms with Crippen LogP contribution in [0.3, 0.4) is 0 Å². The summed E-state index contributed by atoms with van der Waals surface area (Å²) in [7, 11) is 0. The van der Waals surface area contributed by atoms with Gasteiger partial charge in [0.15, 0.2) is 0 Å².